The van der Waals surface area contributed by atoms with E-state index in [4.69, 9.17) is 0 Å². The SMILES string of the molecule is CS(=O)(=O)N1CCCC(NC(=O)C(c2ccccc2)N2CCS(=O)(=O)CC2)C1. The minimum atomic E-state index is -3.30. The van der Waals surface area contributed by atoms with Crippen molar-refractivity contribution in [2.24, 2.45) is 0 Å². The fraction of sp³-hybridized carbons (Fsp3) is 0.611. The summed E-state index contributed by atoms with van der Waals surface area (Å²) in [5, 5.41) is 3.00. The largest absolute Gasteiger partial charge is 0.350 e. The lowest BCUT2D eigenvalue weighted by atomic mass is 10.0. The van der Waals surface area contributed by atoms with E-state index < -0.39 is 25.9 Å². The molecule has 2 atom stereocenters. The first-order valence-corrected chi connectivity index (χ1v) is 13.1. The third-order valence-corrected chi connectivity index (χ3v) is 8.19. The highest BCUT2D eigenvalue weighted by Crippen LogP contribution is 2.24. The predicted molar refractivity (Wildman–Crippen MR) is 107 cm³/mol. The highest BCUT2D eigenvalue weighted by atomic mass is 32.2. The van der Waals surface area contributed by atoms with Crippen LogP contribution in [-0.4, -0.2) is 81.9 Å². The quantitative estimate of drug-likeness (QED) is 0.707. The third-order valence-electron chi connectivity index (χ3n) is 5.31. The maximum absolute atomic E-state index is 13.2. The lowest BCUT2D eigenvalue weighted by Gasteiger charge is -2.36. The predicted octanol–water partition coefficient (Wildman–Crippen LogP) is -0.00170. The van der Waals surface area contributed by atoms with Crippen molar-refractivity contribution in [1.82, 2.24) is 14.5 Å². The average Bonchev–Trinajstić information content (AvgIpc) is 2.64. The number of piperidine rings is 1. The van der Waals surface area contributed by atoms with Crippen molar-refractivity contribution in [1.29, 1.82) is 0 Å². The maximum atomic E-state index is 13.2. The summed E-state index contributed by atoms with van der Waals surface area (Å²) >= 11 is 0. The van der Waals surface area contributed by atoms with Crippen molar-refractivity contribution in [3.8, 4) is 0 Å². The lowest BCUT2D eigenvalue weighted by Crippen LogP contribution is -2.53. The summed E-state index contributed by atoms with van der Waals surface area (Å²) in [6, 6.07) is 8.43. The van der Waals surface area contributed by atoms with Gasteiger partial charge in [0.05, 0.1) is 17.8 Å². The monoisotopic (exact) mass is 429 g/mol. The van der Waals surface area contributed by atoms with Crippen molar-refractivity contribution >= 4 is 25.8 Å². The Balaban J connectivity index is 1.76. The van der Waals surface area contributed by atoms with Crippen LogP contribution in [0.25, 0.3) is 0 Å². The molecule has 3 rings (SSSR count). The molecule has 1 aromatic carbocycles. The third kappa shape index (κ3) is 5.31. The highest BCUT2D eigenvalue weighted by Gasteiger charge is 2.34. The molecule has 2 heterocycles. The second-order valence-electron chi connectivity index (χ2n) is 7.47. The van der Waals surface area contributed by atoms with E-state index >= 15 is 0 Å². The molecule has 0 aromatic heterocycles. The van der Waals surface area contributed by atoms with Crippen LogP contribution in [0.4, 0.5) is 0 Å². The number of rotatable bonds is 5. The van der Waals surface area contributed by atoms with E-state index in [0.29, 0.717) is 32.5 Å². The Bertz CT molecular complexity index is 888. The molecule has 0 bridgehead atoms. The van der Waals surface area contributed by atoms with Gasteiger partial charge in [-0.3, -0.25) is 9.69 Å². The Morgan fingerprint density at radius 1 is 1.14 bits per heavy atom. The van der Waals surface area contributed by atoms with E-state index in [1.165, 1.54) is 10.6 Å². The van der Waals surface area contributed by atoms with Gasteiger partial charge in [0.1, 0.15) is 6.04 Å². The Kier molecular flexibility index (Phi) is 6.43. The fourth-order valence-electron chi connectivity index (χ4n) is 3.79. The van der Waals surface area contributed by atoms with Gasteiger partial charge in [0.15, 0.2) is 9.84 Å². The van der Waals surface area contributed by atoms with E-state index in [-0.39, 0.29) is 30.0 Å². The number of hydrogen-bond acceptors (Lipinski definition) is 6. The number of hydrogen-bond donors (Lipinski definition) is 1. The van der Waals surface area contributed by atoms with Crippen LogP contribution in [0.15, 0.2) is 30.3 Å². The normalized spacial score (nSPS) is 25.1. The van der Waals surface area contributed by atoms with E-state index in [1.54, 1.807) is 0 Å². The summed E-state index contributed by atoms with van der Waals surface area (Å²) in [5.74, 6) is -0.144. The topological polar surface area (TPSA) is 104 Å². The van der Waals surface area contributed by atoms with Gasteiger partial charge in [0, 0.05) is 32.2 Å². The molecule has 0 saturated carbocycles. The molecule has 0 aliphatic carbocycles. The van der Waals surface area contributed by atoms with E-state index in [9.17, 15) is 21.6 Å². The molecule has 2 fully saturated rings. The molecule has 10 heteroatoms. The highest BCUT2D eigenvalue weighted by molar-refractivity contribution is 7.91. The second kappa shape index (κ2) is 8.48. The average molecular weight is 430 g/mol. The van der Waals surface area contributed by atoms with Gasteiger partial charge in [-0.1, -0.05) is 30.3 Å². The Morgan fingerprint density at radius 3 is 2.39 bits per heavy atom. The number of nitrogens with one attached hydrogen (secondary N) is 1. The smallest absolute Gasteiger partial charge is 0.242 e. The Hall–Kier alpha value is -1.49. The number of amides is 1. The van der Waals surface area contributed by atoms with Crippen LogP contribution in [0.2, 0.25) is 0 Å². The van der Waals surface area contributed by atoms with Gasteiger partial charge in [-0.05, 0) is 18.4 Å². The molecule has 2 aliphatic heterocycles. The molecule has 0 spiro atoms. The molecule has 1 N–H and O–H groups in total. The van der Waals surface area contributed by atoms with Crippen LogP contribution < -0.4 is 5.32 Å². The van der Waals surface area contributed by atoms with E-state index in [2.05, 4.69) is 5.32 Å². The van der Waals surface area contributed by atoms with Gasteiger partial charge in [0.2, 0.25) is 15.9 Å². The molecule has 1 amide bonds. The lowest BCUT2D eigenvalue weighted by molar-refractivity contribution is -0.127. The maximum Gasteiger partial charge on any atom is 0.242 e. The first-order valence-electron chi connectivity index (χ1n) is 9.41. The first-order chi connectivity index (χ1) is 13.2. The van der Waals surface area contributed by atoms with Crippen LogP contribution in [0.1, 0.15) is 24.4 Å². The summed E-state index contributed by atoms with van der Waals surface area (Å²) in [6.07, 6.45) is 2.59. The molecular weight excluding hydrogens is 402 g/mol. The molecule has 28 heavy (non-hydrogen) atoms. The minimum absolute atomic E-state index is 0.0366. The van der Waals surface area contributed by atoms with Crippen LogP contribution in [0.5, 0.6) is 0 Å². The number of carbonyl (C=O) groups is 1. The van der Waals surface area contributed by atoms with E-state index in [1.807, 2.05) is 35.2 Å². The van der Waals surface area contributed by atoms with Gasteiger partial charge < -0.3 is 5.32 Å². The molecule has 2 unspecified atom stereocenters. The molecule has 1 aromatic rings. The number of carbonyl (C=O) groups excluding carboxylic acids is 1. The summed E-state index contributed by atoms with van der Waals surface area (Å²) in [5.41, 5.74) is 0.801. The van der Waals surface area contributed by atoms with Crippen molar-refractivity contribution in [2.75, 3.05) is 43.9 Å². The molecule has 156 valence electrons. The van der Waals surface area contributed by atoms with E-state index in [0.717, 1.165) is 5.56 Å². The van der Waals surface area contributed by atoms with Crippen LogP contribution >= 0.6 is 0 Å². The fourth-order valence-corrected chi connectivity index (χ4v) is 5.93. The van der Waals surface area contributed by atoms with Gasteiger partial charge in [0.25, 0.3) is 0 Å². The van der Waals surface area contributed by atoms with Gasteiger partial charge in [-0.25, -0.2) is 21.1 Å². The summed E-state index contributed by atoms with van der Waals surface area (Å²) in [4.78, 5) is 15.1. The standard InChI is InChI=1S/C18H27N3O5S2/c1-27(23,24)21-9-5-8-16(14-21)19-18(22)17(15-6-3-2-4-7-15)20-10-12-28(25,26)13-11-20/h2-4,6-7,16-17H,5,8-14H2,1H3,(H,19,22). The number of sulfonamides is 1. The zero-order chi connectivity index (χ0) is 20.4. The van der Waals surface area contributed by atoms with Crippen molar-refractivity contribution < 1.29 is 21.6 Å². The van der Waals surface area contributed by atoms with Crippen LogP contribution in [0.3, 0.4) is 0 Å². The zero-order valence-electron chi connectivity index (χ0n) is 16.0. The van der Waals surface area contributed by atoms with Crippen LogP contribution in [0, 0.1) is 0 Å². The molecule has 0 radical (unpaired) electrons. The van der Waals surface area contributed by atoms with Gasteiger partial charge in [-0.2, -0.15) is 0 Å². The minimum Gasteiger partial charge on any atom is -0.350 e. The summed E-state index contributed by atoms with van der Waals surface area (Å²) < 4.78 is 48.6. The molecular formula is C18H27N3O5S2. The Morgan fingerprint density at radius 2 is 1.79 bits per heavy atom. The summed E-state index contributed by atoms with van der Waals surface area (Å²) in [6.45, 7) is 1.34. The van der Waals surface area contributed by atoms with Crippen molar-refractivity contribution in [2.45, 2.75) is 24.9 Å². The Labute approximate surface area is 166 Å². The van der Waals surface area contributed by atoms with Gasteiger partial charge >= 0.3 is 0 Å². The van der Waals surface area contributed by atoms with Crippen molar-refractivity contribution in [3.05, 3.63) is 35.9 Å². The second-order valence-corrected chi connectivity index (χ2v) is 11.8. The van der Waals surface area contributed by atoms with Crippen molar-refractivity contribution in [3.63, 3.8) is 0 Å². The molecule has 2 saturated heterocycles. The summed E-state index contributed by atoms with van der Waals surface area (Å²) in [7, 11) is -6.35. The molecule has 2 aliphatic rings. The zero-order valence-corrected chi connectivity index (χ0v) is 17.6. The molecule has 8 nitrogen and oxygen atoms in total. The first kappa shape index (κ1) is 21.2. The van der Waals surface area contributed by atoms with Crippen LogP contribution in [-0.2, 0) is 24.7 Å². The van der Waals surface area contributed by atoms with Gasteiger partial charge in [-0.15, -0.1) is 0 Å². The number of nitrogens with zero attached hydrogens (tertiary/aromatic N) is 2. The number of sulfone groups is 1. The number of benzene rings is 1.